The number of thiophene rings is 1. The molecular formula is C14H14N2O5S2. The van der Waals surface area contributed by atoms with Crippen molar-refractivity contribution in [2.24, 2.45) is 0 Å². The van der Waals surface area contributed by atoms with E-state index in [0.29, 0.717) is 5.69 Å². The van der Waals surface area contributed by atoms with Crippen molar-refractivity contribution < 1.29 is 23.1 Å². The normalized spacial score (nSPS) is 12.6. The van der Waals surface area contributed by atoms with Gasteiger partial charge in [-0.25, -0.2) is 8.42 Å². The summed E-state index contributed by atoms with van der Waals surface area (Å²) in [6.45, 7) is 1.22. The Hall–Kier alpha value is -2.23. The number of benzene rings is 1. The zero-order valence-electron chi connectivity index (χ0n) is 12.0. The number of carbonyl (C=O) groups is 2. The van der Waals surface area contributed by atoms with Crippen molar-refractivity contribution in [2.45, 2.75) is 17.9 Å². The molecule has 0 aliphatic rings. The molecule has 1 heterocycles. The lowest BCUT2D eigenvalue weighted by Gasteiger charge is -2.08. The molecule has 7 nitrogen and oxygen atoms in total. The monoisotopic (exact) mass is 354 g/mol. The summed E-state index contributed by atoms with van der Waals surface area (Å²) in [4.78, 5) is 22.9. The van der Waals surface area contributed by atoms with E-state index in [4.69, 9.17) is 5.11 Å². The summed E-state index contributed by atoms with van der Waals surface area (Å²) in [7, 11) is -3.99. The number of aliphatic carboxylic acids is 1. The Bertz CT molecular complexity index is 815. The minimum Gasteiger partial charge on any atom is -0.480 e. The summed E-state index contributed by atoms with van der Waals surface area (Å²) < 4.78 is 26.1. The summed E-state index contributed by atoms with van der Waals surface area (Å²) >= 11 is 0.961. The van der Waals surface area contributed by atoms with Crippen molar-refractivity contribution in [1.29, 1.82) is 0 Å². The molecule has 1 aromatic heterocycles. The largest absolute Gasteiger partial charge is 0.480 e. The molecule has 0 fully saturated rings. The first-order chi connectivity index (χ1) is 10.8. The average Bonchev–Trinajstić information content (AvgIpc) is 2.98. The Morgan fingerprint density at radius 2 is 1.87 bits per heavy atom. The number of hydrogen-bond acceptors (Lipinski definition) is 5. The smallest absolute Gasteiger partial charge is 0.321 e. The average molecular weight is 354 g/mol. The first-order valence-corrected chi connectivity index (χ1v) is 8.86. The molecule has 2 aromatic rings. The molecule has 0 radical (unpaired) electrons. The van der Waals surface area contributed by atoms with Gasteiger partial charge in [0, 0.05) is 11.1 Å². The zero-order chi connectivity index (χ0) is 17.0. The van der Waals surface area contributed by atoms with Gasteiger partial charge >= 0.3 is 5.97 Å². The lowest BCUT2D eigenvalue weighted by atomic mass is 10.3. The van der Waals surface area contributed by atoms with Crippen LogP contribution in [0.4, 0.5) is 5.69 Å². The van der Waals surface area contributed by atoms with Gasteiger partial charge in [-0.3, -0.25) is 9.59 Å². The maximum absolute atomic E-state index is 12.1. The molecule has 3 N–H and O–H groups in total. The highest BCUT2D eigenvalue weighted by Crippen LogP contribution is 2.21. The van der Waals surface area contributed by atoms with E-state index in [9.17, 15) is 18.0 Å². The van der Waals surface area contributed by atoms with Crippen LogP contribution >= 0.6 is 11.3 Å². The van der Waals surface area contributed by atoms with Crippen LogP contribution < -0.4 is 10.0 Å². The van der Waals surface area contributed by atoms with Crippen molar-refractivity contribution in [3.05, 3.63) is 46.7 Å². The van der Waals surface area contributed by atoms with E-state index in [1.165, 1.54) is 18.4 Å². The number of carboxylic acids is 1. The van der Waals surface area contributed by atoms with Gasteiger partial charge in [0.25, 0.3) is 5.91 Å². The zero-order valence-corrected chi connectivity index (χ0v) is 13.6. The molecule has 0 saturated carbocycles. The Labute approximate surface area is 137 Å². The number of carbonyl (C=O) groups excluding carboxylic acids is 1. The summed E-state index contributed by atoms with van der Waals surface area (Å²) in [6, 6.07) is 8.69. The highest BCUT2D eigenvalue weighted by Gasteiger charge is 2.23. The molecule has 1 unspecified atom stereocenters. The van der Waals surface area contributed by atoms with Gasteiger partial charge in [0.1, 0.15) is 6.04 Å². The van der Waals surface area contributed by atoms with Gasteiger partial charge in [0.05, 0.1) is 9.77 Å². The van der Waals surface area contributed by atoms with Gasteiger partial charge in [-0.2, -0.15) is 4.72 Å². The van der Waals surface area contributed by atoms with Crippen molar-refractivity contribution in [3.8, 4) is 0 Å². The lowest BCUT2D eigenvalue weighted by molar-refractivity contribution is -0.138. The molecule has 23 heavy (non-hydrogen) atoms. The van der Waals surface area contributed by atoms with Gasteiger partial charge in [0.15, 0.2) is 0 Å². The van der Waals surface area contributed by atoms with Crippen LogP contribution in [0, 0.1) is 0 Å². The number of anilines is 1. The molecule has 0 aliphatic heterocycles. The van der Waals surface area contributed by atoms with Crippen LogP contribution in [-0.4, -0.2) is 31.4 Å². The van der Waals surface area contributed by atoms with Crippen LogP contribution in [0.2, 0.25) is 0 Å². The fraction of sp³-hybridized carbons (Fsp3) is 0.143. The van der Waals surface area contributed by atoms with Crippen LogP contribution in [0.5, 0.6) is 0 Å². The number of rotatable bonds is 6. The van der Waals surface area contributed by atoms with Gasteiger partial charge in [-0.05, 0) is 25.1 Å². The quantitative estimate of drug-likeness (QED) is 0.731. The predicted octanol–water partition coefficient (Wildman–Crippen LogP) is 1.75. The van der Waals surface area contributed by atoms with Gasteiger partial charge in [-0.15, -0.1) is 11.3 Å². The van der Waals surface area contributed by atoms with Crippen LogP contribution in [0.15, 0.2) is 46.7 Å². The van der Waals surface area contributed by atoms with E-state index < -0.39 is 27.9 Å². The summed E-state index contributed by atoms with van der Waals surface area (Å²) in [6.07, 6.45) is 0. The van der Waals surface area contributed by atoms with Crippen LogP contribution in [0.3, 0.4) is 0 Å². The highest BCUT2D eigenvalue weighted by molar-refractivity contribution is 7.89. The third kappa shape index (κ3) is 4.38. The van der Waals surface area contributed by atoms with E-state index in [1.807, 2.05) is 4.72 Å². The Morgan fingerprint density at radius 1 is 1.22 bits per heavy atom. The number of para-hydroxylation sites is 1. The van der Waals surface area contributed by atoms with Gasteiger partial charge in [0.2, 0.25) is 10.0 Å². The third-order valence-corrected chi connectivity index (χ3v) is 5.44. The van der Waals surface area contributed by atoms with E-state index in [2.05, 4.69) is 5.32 Å². The minimum atomic E-state index is -3.99. The van der Waals surface area contributed by atoms with E-state index in [-0.39, 0.29) is 9.77 Å². The number of nitrogens with one attached hydrogen (secondary N) is 2. The van der Waals surface area contributed by atoms with Crippen LogP contribution in [0.1, 0.15) is 16.6 Å². The van der Waals surface area contributed by atoms with E-state index >= 15 is 0 Å². The fourth-order valence-corrected chi connectivity index (χ4v) is 4.01. The lowest BCUT2D eigenvalue weighted by Crippen LogP contribution is -2.38. The van der Waals surface area contributed by atoms with Crippen molar-refractivity contribution >= 4 is 38.9 Å². The standard InChI is InChI=1S/C14H14N2O5S2/c1-9(14(18)19)16-23(20,21)11-7-12(22-8-11)13(17)15-10-5-3-2-4-6-10/h2-9,16H,1H3,(H,15,17)(H,18,19). The summed E-state index contributed by atoms with van der Waals surface area (Å²) in [5.41, 5.74) is 0.591. The third-order valence-electron chi connectivity index (χ3n) is 2.84. The SMILES string of the molecule is CC(NS(=O)(=O)c1csc(C(=O)Nc2ccccc2)c1)C(=O)O. The first kappa shape index (κ1) is 17.1. The molecule has 0 bridgehead atoms. The molecule has 0 aliphatic carbocycles. The second-order valence-corrected chi connectivity index (χ2v) is 7.27. The first-order valence-electron chi connectivity index (χ1n) is 6.49. The van der Waals surface area contributed by atoms with Gasteiger partial charge in [-0.1, -0.05) is 18.2 Å². The topological polar surface area (TPSA) is 113 Å². The maximum Gasteiger partial charge on any atom is 0.321 e. The second-order valence-electron chi connectivity index (χ2n) is 4.65. The molecule has 1 atom stereocenters. The molecule has 2 rings (SSSR count). The minimum absolute atomic E-state index is 0.145. The molecule has 0 saturated heterocycles. The number of hydrogen-bond donors (Lipinski definition) is 3. The molecular weight excluding hydrogens is 340 g/mol. The highest BCUT2D eigenvalue weighted by atomic mass is 32.2. The molecule has 1 aromatic carbocycles. The molecule has 122 valence electrons. The van der Waals surface area contributed by atoms with Crippen molar-refractivity contribution in [2.75, 3.05) is 5.32 Å². The van der Waals surface area contributed by atoms with E-state index in [1.54, 1.807) is 30.3 Å². The van der Waals surface area contributed by atoms with Crippen LogP contribution in [0.25, 0.3) is 0 Å². The fourth-order valence-electron chi connectivity index (χ4n) is 1.64. The maximum atomic E-state index is 12.1. The molecule has 0 spiro atoms. The Morgan fingerprint density at radius 3 is 2.48 bits per heavy atom. The van der Waals surface area contributed by atoms with Crippen molar-refractivity contribution in [3.63, 3.8) is 0 Å². The number of sulfonamides is 1. The summed E-state index contributed by atoms with van der Waals surface area (Å²) in [5.74, 6) is -1.72. The Kier molecular flexibility index (Phi) is 5.14. The van der Waals surface area contributed by atoms with Crippen molar-refractivity contribution in [1.82, 2.24) is 4.72 Å². The van der Waals surface area contributed by atoms with Crippen LogP contribution in [-0.2, 0) is 14.8 Å². The van der Waals surface area contributed by atoms with E-state index in [0.717, 1.165) is 11.3 Å². The van der Waals surface area contributed by atoms with Gasteiger partial charge < -0.3 is 10.4 Å². The molecule has 9 heteroatoms. The Balaban J connectivity index is 2.14. The number of amides is 1. The molecule has 1 amide bonds. The summed E-state index contributed by atoms with van der Waals surface area (Å²) in [5, 5.41) is 12.7. The predicted molar refractivity (Wildman–Crippen MR) is 86.1 cm³/mol. The number of carboxylic acid groups (broad SMARTS) is 1. The second kappa shape index (κ2) is 6.90.